The van der Waals surface area contributed by atoms with E-state index in [0.717, 1.165) is 17.0 Å². The Labute approximate surface area is 82.4 Å². The van der Waals surface area contributed by atoms with E-state index in [1.807, 2.05) is 24.3 Å². The van der Waals surface area contributed by atoms with Gasteiger partial charge in [-0.25, -0.2) is 0 Å². The molecule has 2 nitrogen and oxygen atoms in total. The minimum atomic E-state index is -0.0848. The Bertz CT molecular complexity index is 282. The van der Waals surface area contributed by atoms with Gasteiger partial charge < -0.3 is 9.47 Å². The van der Waals surface area contributed by atoms with E-state index in [1.165, 1.54) is 0 Å². The van der Waals surface area contributed by atoms with Crippen LogP contribution in [0.25, 0.3) is 0 Å². The monoisotopic (exact) mass is 198 g/mol. The summed E-state index contributed by atoms with van der Waals surface area (Å²) in [6.45, 7) is 1.40. The average molecular weight is 199 g/mol. The van der Waals surface area contributed by atoms with E-state index in [0.29, 0.717) is 13.2 Å². The molecule has 0 aromatic heterocycles. The van der Waals surface area contributed by atoms with Gasteiger partial charge in [0.2, 0.25) is 0 Å². The zero-order chi connectivity index (χ0) is 9.10. The van der Waals surface area contributed by atoms with Crippen LogP contribution in [0.3, 0.4) is 0 Å². The van der Waals surface area contributed by atoms with Gasteiger partial charge in [-0.1, -0.05) is 23.7 Å². The molecule has 3 heteroatoms. The van der Waals surface area contributed by atoms with E-state index >= 15 is 0 Å². The quantitative estimate of drug-likeness (QED) is 0.726. The lowest BCUT2D eigenvalue weighted by atomic mass is 10.1. The van der Waals surface area contributed by atoms with Gasteiger partial charge in [0.15, 0.2) is 6.29 Å². The molecule has 1 heterocycles. The lowest BCUT2D eigenvalue weighted by Crippen LogP contribution is -2.10. The predicted octanol–water partition coefficient (Wildman–Crippen LogP) is 2.26. The largest absolute Gasteiger partial charge is 0.350 e. The maximum absolute atomic E-state index is 5.85. The SMILES string of the molecule is Clc1cccc(CC2OCCO2)c1. The maximum atomic E-state index is 5.85. The minimum Gasteiger partial charge on any atom is -0.350 e. The fourth-order valence-corrected chi connectivity index (χ4v) is 1.59. The Morgan fingerprint density at radius 2 is 2.08 bits per heavy atom. The van der Waals surface area contributed by atoms with Crippen LogP contribution in [0.4, 0.5) is 0 Å². The van der Waals surface area contributed by atoms with E-state index in [1.54, 1.807) is 0 Å². The van der Waals surface area contributed by atoms with Crippen LogP contribution in [0.5, 0.6) is 0 Å². The molecule has 1 aromatic rings. The third-order valence-corrected chi connectivity index (χ3v) is 2.22. The van der Waals surface area contributed by atoms with Crippen molar-refractivity contribution >= 4 is 11.6 Å². The molecule has 0 aliphatic carbocycles. The number of rotatable bonds is 2. The van der Waals surface area contributed by atoms with Gasteiger partial charge in [-0.3, -0.25) is 0 Å². The second-order valence-electron chi connectivity index (χ2n) is 3.01. The first kappa shape index (κ1) is 9.00. The van der Waals surface area contributed by atoms with Crippen LogP contribution in [0, 0.1) is 0 Å². The molecule has 0 unspecified atom stereocenters. The van der Waals surface area contributed by atoms with Gasteiger partial charge in [-0.2, -0.15) is 0 Å². The summed E-state index contributed by atoms with van der Waals surface area (Å²) in [5.41, 5.74) is 1.15. The molecule has 1 aliphatic heterocycles. The fourth-order valence-electron chi connectivity index (χ4n) is 1.38. The van der Waals surface area contributed by atoms with Crippen LogP contribution in [-0.2, 0) is 15.9 Å². The smallest absolute Gasteiger partial charge is 0.161 e. The molecule has 1 fully saturated rings. The van der Waals surface area contributed by atoms with E-state index < -0.39 is 0 Å². The van der Waals surface area contributed by atoms with Crippen molar-refractivity contribution in [3.8, 4) is 0 Å². The average Bonchev–Trinajstić information content (AvgIpc) is 2.57. The predicted molar refractivity (Wildman–Crippen MR) is 50.8 cm³/mol. The van der Waals surface area contributed by atoms with Crippen molar-refractivity contribution in [2.24, 2.45) is 0 Å². The summed E-state index contributed by atoms with van der Waals surface area (Å²) < 4.78 is 10.7. The van der Waals surface area contributed by atoms with Crippen LogP contribution in [0.1, 0.15) is 5.56 Å². The summed E-state index contributed by atoms with van der Waals surface area (Å²) in [5, 5.41) is 0.760. The molecule has 0 saturated carbocycles. The van der Waals surface area contributed by atoms with Crippen molar-refractivity contribution in [2.75, 3.05) is 13.2 Å². The van der Waals surface area contributed by atoms with Gasteiger partial charge in [-0.05, 0) is 17.7 Å². The first-order chi connectivity index (χ1) is 6.34. The van der Waals surface area contributed by atoms with Crippen molar-refractivity contribution < 1.29 is 9.47 Å². The summed E-state index contributed by atoms with van der Waals surface area (Å²) >= 11 is 5.85. The van der Waals surface area contributed by atoms with Crippen LogP contribution in [0.2, 0.25) is 5.02 Å². The lowest BCUT2D eigenvalue weighted by molar-refractivity contribution is -0.0399. The van der Waals surface area contributed by atoms with E-state index in [-0.39, 0.29) is 6.29 Å². The highest BCUT2D eigenvalue weighted by atomic mass is 35.5. The summed E-state index contributed by atoms with van der Waals surface area (Å²) in [6.07, 6.45) is 0.694. The van der Waals surface area contributed by atoms with Gasteiger partial charge in [0.05, 0.1) is 13.2 Å². The van der Waals surface area contributed by atoms with Crippen molar-refractivity contribution in [1.82, 2.24) is 0 Å². The lowest BCUT2D eigenvalue weighted by Gasteiger charge is -2.08. The number of hydrogen-bond acceptors (Lipinski definition) is 2. The molecule has 0 bridgehead atoms. The molecule has 0 N–H and O–H groups in total. The molecule has 0 radical (unpaired) electrons. The Hall–Kier alpha value is -0.570. The van der Waals surface area contributed by atoms with Crippen molar-refractivity contribution in [1.29, 1.82) is 0 Å². The van der Waals surface area contributed by atoms with Gasteiger partial charge in [0.25, 0.3) is 0 Å². The van der Waals surface area contributed by atoms with Crippen molar-refractivity contribution in [3.05, 3.63) is 34.9 Å². The molecule has 13 heavy (non-hydrogen) atoms. The standard InChI is InChI=1S/C10H11ClO2/c11-9-3-1-2-8(6-9)7-10-12-4-5-13-10/h1-3,6,10H,4-5,7H2. The summed E-state index contributed by atoms with van der Waals surface area (Å²) in [4.78, 5) is 0. The first-order valence-corrected chi connectivity index (χ1v) is 4.70. The summed E-state index contributed by atoms with van der Waals surface area (Å²) in [6, 6.07) is 7.76. The van der Waals surface area contributed by atoms with Crippen LogP contribution >= 0.6 is 11.6 Å². The summed E-state index contributed by atoms with van der Waals surface area (Å²) in [7, 11) is 0. The fraction of sp³-hybridized carbons (Fsp3) is 0.400. The number of benzene rings is 1. The number of halogens is 1. The topological polar surface area (TPSA) is 18.5 Å². The zero-order valence-electron chi connectivity index (χ0n) is 7.20. The number of ether oxygens (including phenoxy) is 2. The summed E-state index contributed by atoms with van der Waals surface area (Å²) in [5.74, 6) is 0. The zero-order valence-corrected chi connectivity index (χ0v) is 7.96. The minimum absolute atomic E-state index is 0.0848. The highest BCUT2D eigenvalue weighted by molar-refractivity contribution is 6.30. The first-order valence-electron chi connectivity index (χ1n) is 4.32. The highest BCUT2D eigenvalue weighted by Gasteiger charge is 2.15. The maximum Gasteiger partial charge on any atom is 0.161 e. The third kappa shape index (κ3) is 2.44. The molecular formula is C10H11ClO2. The molecule has 1 saturated heterocycles. The van der Waals surface area contributed by atoms with E-state index in [9.17, 15) is 0 Å². The second kappa shape index (κ2) is 4.09. The normalized spacial score (nSPS) is 17.9. The van der Waals surface area contributed by atoms with Crippen molar-refractivity contribution in [3.63, 3.8) is 0 Å². The third-order valence-electron chi connectivity index (χ3n) is 1.98. The van der Waals surface area contributed by atoms with Crippen LogP contribution in [-0.4, -0.2) is 19.5 Å². The van der Waals surface area contributed by atoms with Crippen LogP contribution < -0.4 is 0 Å². The highest BCUT2D eigenvalue weighted by Crippen LogP contribution is 2.15. The molecule has 0 spiro atoms. The van der Waals surface area contributed by atoms with Crippen molar-refractivity contribution in [2.45, 2.75) is 12.7 Å². The van der Waals surface area contributed by atoms with Gasteiger partial charge >= 0.3 is 0 Å². The Kier molecular flexibility index (Phi) is 2.83. The molecule has 0 amide bonds. The van der Waals surface area contributed by atoms with Gasteiger partial charge in [-0.15, -0.1) is 0 Å². The molecule has 1 aromatic carbocycles. The number of hydrogen-bond donors (Lipinski definition) is 0. The molecule has 70 valence electrons. The Balaban J connectivity index is 2.00. The van der Waals surface area contributed by atoms with Crippen LogP contribution in [0.15, 0.2) is 24.3 Å². The van der Waals surface area contributed by atoms with E-state index in [4.69, 9.17) is 21.1 Å². The van der Waals surface area contributed by atoms with Gasteiger partial charge in [0.1, 0.15) is 0 Å². The van der Waals surface area contributed by atoms with E-state index in [2.05, 4.69) is 0 Å². The molecular weight excluding hydrogens is 188 g/mol. The van der Waals surface area contributed by atoms with Gasteiger partial charge in [0, 0.05) is 11.4 Å². The molecule has 1 aliphatic rings. The molecule has 0 atom stereocenters. The Morgan fingerprint density at radius 1 is 1.31 bits per heavy atom. The molecule has 2 rings (SSSR count). The Morgan fingerprint density at radius 3 is 2.77 bits per heavy atom. The second-order valence-corrected chi connectivity index (χ2v) is 3.44.